The van der Waals surface area contributed by atoms with E-state index in [1.54, 1.807) is 10.9 Å². The Balaban J connectivity index is 2.19. The number of methoxy groups -OCH3 is 1. The predicted molar refractivity (Wildman–Crippen MR) is 90.8 cm³/mol. The van der Waals surface area contributed by atoms with Crippen LogP contribution in [-0.2, 0) is 16.1 Å². The van der Waals surface area contributed by atoms with Crippen molar-refractivity contribution in [1.29, 1.82) is 0 Å². The molecular weight excluding hydrogens is 328 g/mol. The fourth-order valence-electron chi connectivity index (χ4n) is 2.77. The molecule has 0 spiro atoms. The van der Waals surface area contributed by atoms with Crippen LogP contribution in [0.15, 0.2) is 28.8 Å². The van der Waals surface area contributed by atoms with Gasteiger partial charge in [-0.3, -0.25) is 4.68 Å². The second-order valence-corrected chi connectivity index (χ2v) is 6.03. The first kappa shape index (κ1) is 16.6. The normalized spacial score (nSPS) is 16.8. The molecule has 0 saturated carbocycles. The lowest BCUT2D eigenvalue weighted by Crippen LogP contribution is -2.29. The number of ether oxygens (including phenoxy) is 1. The summed E-state index contributed by atoms with van der Waals surface area (Å²) in [5.41, 5.74) is 2.22. The molecule has 1 atom stereocenters. The Bertz CT molecular complexity index is 794. The maximum absolute atomic E-state index is 12.5. The van der Waals surface area contributed by atoms with Crippen molar-refractivity contribution in [3.8, 4) is 0 Å². The topological polar surface area (TPSA) is 86.9 Å². The number of allylic oxidation sites excluding steroid dienone is 1. The molecule has 1 unspecified atom stereocenters. The molecule has 8 nitrogen and oxygen atoms in total. The number of rotatable bonds is 5. The zero-order valence-corrected chi connectivity index (χ0v) is 14.9. The lowest BCUT2D eigenvalue weighted by Gasteiger charge is -2.27. The molecule has 1 aliphatic heterocycles. The van der Waals surface area contributed by atoms with Crippen molar-refractivity contribution in [3.05, 3.63) is 29.2 Å². The van der Waals surface area contributed by atoms with Crippen LogP contribution in [0.4, 0.5) is 5.95 Å². The molecule has 24 heavy (non-hydrogen) atoms. The fraction of sp³-hybridized carbons (Fsp3) is 0.467. The van der Waals surface area contributed by atoms with E-state index in [4.69, 9.17) is 4.74 Å². The first-order valence-electron chi connectivity index (χ1n) is 7.74. The highest BCUT2D eigenvalue weighted by molar-refractivity contribution is 7.98. The van der Waals surface area contributed by atoms with Crippen molar-refractivity contribution in [2.45, 2.75) is 38.0 Å². The SMILES string of the molecule is CCC1=C(C(=O)OC)C(c2cnn(CC)c2)n2nc(SC)nc2N1. The summed E-state index contributed by atoms with van der Waals surface area (Å²) in [7, 11) is 1.39. The highest BCUT2D eigenvalue weighted by Gasteiger charge is 2.36. The summed E-state index contributed by atoms with van der Waals surface area (Å²) in [6.45, 7) is 4.75. The Morgan fingerprint density at radius 2 is 2.25 bits per heavy atom. The Hall–Kier alpha value is -2.29. The van der Waals surface area contributed by atoms with Crippen LogP contribution in [0.3, 0.4) is 0 Å². The van der Waals surface area contributed by atoms with Gasteiger partial charge in [-0.25, -0.2) is 9.48 Å². The van der Waals surface area contributed by atoms with Gasteiger partial charge in [0.05, 0.1) is 18.9 Å². The number of aryl methyl sites for hydroxylation is 1. The molecule has 0 aliphatic carbocycles. The molecule has 128 valence electrons. The Morgan fingerprint density at radius 3 is 2.83 bits per heavy atom. The Kier molecular flexibility index (Phi) is 4.61. The van der Waals surface area contributed by atoms with Crippen molar-refractivity contribution in [2.24, 2.45) is 0 Å². The number of esters is 1. The van der Waals surface area contributed by atoms with Crippen LogP contribution in [0.2, 0.25) is 0 Å². The maximum atomic E-state index is 12.5. The number of thioether (sulfide) groups is 1. The van der Waals surface area contributed by atoms with Crippen LogP contribution < -0.4 is 5.32 Å². The standard InChI is InChI=1S/C15H20N6O2S/c1-5-10-11(13(22)23-3)12(9-7-16-20(6-2)8-9)21-14(17-10)18-15(19-21)24-4/h7-8,12H,5-6H2,1-4H3,(H,17,18,19). The van der Waals surface area contributed by atoms with Crippen molar-refractivity contribution >= 4 is 23.7 Å². The molecule has 1 N–H and O–H groups in total. The number of hydrogen-bond donors (Lipinski definition) is 1. The third kappa shape index (κ3) is 2.68. The number of anilines is 1. The summed E-state index contributed by atoms with van der Waals surface area (Å²) < 4.78 is 8.58. The molecule has 0 saturated heterocycles. The Morgan fingerprint density at radius 1 is 1.46 bits per heavy atom. The van der Waals surface area contributed by atoms with E-state index in [2.05, 4.69) is 20.5 Å². The molecule has 9 heteroatoms. The lowest BCUT2D eigenvalue weighted by atomic mass is 9.97. The van der Waals surface area contributed by atoms with Crippen molar-refractivity contribution in [1.82, 2.24) is 24.5 Å². The molecular formula is C15H20N6O2S. The van der Waals surface area contributed by atoms with Gasteiger partial charge in [0.15, 0.2) is 0 Å². The van der Waals surface area contributed by atoms with E-state index in [9.17, 15) is 4.79 Å². The van der Waals surface area contributed by atoms with Gasteiger partial charge in [-0.2, -0.15) is 10.1 Å². The lowest BCUT2D eigenvalue weighted by molar-refractivity contribution is -0.136. The average Bonchev–Trinajstić information content (AvgIpc) is 3.25. The third-order valence-electron chi connectivity index (χ3n) is 3.95. The number of nitrogens with one attached hydrogen (secondary N) is 1. The molecule has 1 aliphatic rings. The van der Waals surface area contributed by atoms with Gasteiger partial charge in [-0.05, 0) is 19.6 Å². The number of carbonyl (C=O) groups excluding carboxylic acids is 1. The summed E-state index contributed by atoms with van der Waals surface area (Å²) >= 11 is 1.45. The van der Waals surface area contributed by atoms with Gasteiger partial charge < -0.3 is 10.1 Å². The quantitative estimate of drug-likeness (QED) is 0.654. The number of fused-ring (bicyclic) bond motifs is 1. The van der Waals surface area contributed by atoms with Gasteiger partial charge in [0.25, 0.3) is 0 Å². The largest absolute Gasteiger partial charge is 0.466 e. The zero-order chi connectivity index (χ0) is 17.3. The number of hydrogen-bond acceptors (Lipinski definition) is 7. The molecule has 0 aromatic carbocycles. The molecule has 0 bridgehead atoms. The predicted octanol–water partition coefficient (Wildman–Crippen LogP) is 2.07. The highest BCUT2D eigenvalue weighted by Crippen LogP contribution is 2.37. The van der Waals surface area contributed by atoms with Crippen LogP contribution in [0, 0.1) is 0 Å². The Labute approximate surface area is 144 Å². The first-order chi connectivity index (χ1) is 11.6. The van der Waals surface area contributed by atoms with E-state index in [1.807, 2.05) is 31.0 Å². The van der Waals surface area contributed by atoms with Gasteiger partial charge in [0.2, 0.25) is 11.1 Å². The highest BCUT2D eigenvalue weighted by atomic mass is 32.2. The van der Waals surface area contributed by atoms with Crippen LogP contribution in [0.5, 0.6) is 0 Å². The van der Waals surface area contributed by atoms with E-state index >= 15 is 0 Å². The van der Waals surface area contributed by atoms with Crippen molar-refractivity contribution < 1.29 is 9.53 Å². The van der Waals surface area contributed by atoms with Gasteiger partial charge in [-0.15, -0.1) is 5.10 Å². The summed E-state index contributed by atoms with van der Waals surface area (Å²) in [4.78, 5) is 16.9. The third-order valence-corrected chi connectivity index (χ3v) is 4.49. The van der Waals surface area contributed by atoms with E-state index in [-0.39, 0.29) is 5.97 Å². The number of aromatic nitrogens is 5. The van der Waals surface area contributed by atoms with Crippen molar-refractivity contribution in [2.75, 3.05) is 18.7 Å². The first-order valence-corrected chi connectivity index (χ1v) is 8.96. The van der Waals surface area contributed by atoms with Crippen LogP contribution in [-0.4, -0.2) is 43.9 Å². The molecule has 0 fully saturated rings. The van der Waals surface area contributed by atoms with E-state index < -0.39 is 6.04 Å². The zero-order valence-electron chi connectivity index (χ0n) is 14.1. The van der Waals surface area contributed by atoms with E-state index in [0.29, 0.717) is 23.1 Å². The molecule has 0 radical (unpaired) electrons. The molecule has 2 aromatic heterocycles. The smallest absolute Gasteiger partial charge is 0.338 e. The van der Waals surface area contributed by atoms with Crippen LogP contribution >= 0.6 is 11.8 Å². The van der Waals surface area contributed by atoms with Gasteiger partial charge in [0.1, 0.15) is 6.04 Å². The van der Waals surface area contributed by atoms with Crippen LogP contribution in [0.25, 0.3) is 0 Å². The monoisotopic (exact) mass is 348 g/mol. The summed E-state index contributed by atoms with van der Waals surface area (Å²) in [6.07, 6.45) is 6.27. The average molecular weight is 348 g/mol. The summed E-state index contributed by atoms with van der Waals surface area (Å²) in [5.74, 6) is 0.249. The second-order valence-electron chi connectivity index (χ2n) is 5.26. The fourth-order valence-corrected chi connectivity index (χ4v) is 3.12. The van der Waals surface area contributed by atoms with Gasteiger partial charge in [-0.1, -0.05) is 18.7 Å². The minimum absolute atomic E-state index is 0.375. The molecule has 3 rings (SSSR count). The molecule has 0 amide bonds. The van der Waals surface area contributed by atoms with E-state index in [0.717, 1.165) is 17.8 Å². The van der Waals surface area contributed by atoms with Gasteiger partial charge in [0, 0.05) is 24.0 Å². The minimum atomic E-state index is -0.405. The van der Waals surface area contributed by atoms with Crippen LogP contribution in [0.1, 0.15) is 31.9 Å². The van der Waals surface area contributed by atoms with Gasteiger partial charge >= 0.3 is 5.97 Å². The minimum Gasteiger partial charge on any atom is -0.466 e. The van der Waals surface area contributed by atoms with E-state index in [1.165, 1.54) is 18.9 Å². The second kappa shape index (κ2) is 6.68. The maximum Gasteiger partial charge on any atom is 0.338 e. The number of nitrogens with zero attached hydrogens (tertiary/aromatic N) is 5. The molecule has 3 heterocycles. The number of carbonyl (C=O) groups is 1. The van der Waals surface area contributed by atoms with Crippen molar-refractivity contribution in [3.63, 3.8) is 0 Å². The summed E-state index contributed by atoms with van der Waals surface area (Å²) in [5, 5.41) is 12.7. The molecule has 2 aromatic rings. The summed E-state index contributed by atoms with van der Waals surface area (Å²) in [6, 6.07) is -0.405.